The van der Waals surface area contributed by atoms with Crippen molar-refractivity contribution in [2.45, 2.75) is 75.3 Å². The number of nitrogens with one attached hydrogen (secondary N) is 1. The van der Waals surface area contributed by atoms with E-state index in [1.54, 1.807) is 12.3 Å². The van der Waals surface area contributed by atoms with Gasteiger partial charge in [-0.2, -0.15) is 13.2 Å². The summed E-state index contributed by atoms with van der Waals surface area (Å²) in [6, 6.07) is 9.96. The third-order valence-corrected chi connectivity index (χ3v) is 16.0. The number of pyridine rings is 2. The lowest BCUT2D eigenvalue weighted by molar-refractivity contribution is -0.137. The van der Waals surface area contributed by atoms with Crippen LogP contribution < -0.4 is 4.72 Å². The molecule has 0 aliphatic carbocycles. The van der Waals surface area contributed by atoms with Crippen LogP contribution in [0, 0.1) is 0 Å². The van der Waals surface area contributed by atoms with Crippen LogP contribution in [0.5, 0.6) is 0 Å². The summed E-state index contributed by atoms with van der Waals surface area (Å²) in [5, 5.41) is 12.3. The van der Waals surface area contributed by atoms with Gasteiger partial charge in [0.05, 0.1) is 10.5 Å². The Hall–Kier alpha value is -3.22. The molecule has 41 heavy (non-hydrogen) atoms. The molecule has 1 unspecified atom stereocenters. The van der Waals surface area contributed by atoms with Crippen LogP contribution in [0.3, 0.4) is 0 Å². The molecular weight excluding hydrogens is 569 g/mol. The fourth-order valence-electron chi connectivity index (χ4n) is 6.26. The number of halogens is 3. The number of hydrogen-bond donors (Lipinski definition) is 2. The Morgan fingerprint density at radius 1 is 0.902 bits per heavy atom. The summed E-state index contributed by atoms with van der Waals surface area (Å²) in [4.78, 5) is 8.57. The number of aliphatic hydroxyl groups is 1. The first-order valence-electron chi connectivity index (χ1n) is 13.4. The quantitative estimate of drug-likeness (QED) is 0.195. The van der Waals surface area contributed by atoms with Gasteiger partial charge in [-0.1, -0.05) is 47.6 Å². The smallest absolute Gasteiger partial charge is 0.384 e. The highest BCUT2D eigenvalue weighted by Gasteiger charge is 2.46. The van der Waals surface area contributed by atoms with E-state index in [-0.39, 0.29) is 10.7 Å². The first-order valence-corrected chi connectivity index (χ1v) is 17.1. The lowest BCUT2D eigenvalue weighted by atomic mass is 10.0. The van der Waals surface area contributed by atoms with E-state index in [2.05, 4.69) is 55.5 Å². The molecule has 1 aromatic carbocycles. The third kappa shape index (κ3) is 5.64. The van der Waals surface area contributed by atoms with Gasteiger partial charge >= 0.3 is 6.18 Å². The van der Waals surface area contributed by atoms with E-state index in [9.17, 15) is 26.7 Å². The van der Waals surface area contributed by atoms with Gasteiger partial charge in [0.2, 0.25) is 0 Å². The Bertz CT molecular complexity index is 1600. The van der Waals surface area contributed by atoms with Gasteiger partial charge in [-0.3, -0.25) is 4.72 Å². The predicted octanol–water partition coefficient (Wildman–Crippen LogP) is 7.36. The molecule has 3 heterocycles. The average Bonchev–Trinajstić information content (AvgIpc) is 3.27. The van der Waals surface area contributed by atoms with Crippen molar-refractivity contribution in [3.63, 3.8) is 0 Å². The molecule has 3 aromatic heterocycles. The number of fused-ring (bicyclic) bond motifs is 1. The van der Waals surface area contributed by atoms with Crippen LogP contribution in [0.15, 0.2) is 72.0 Å². The molecule has 12 heteroatoms. The molecule has 0 aliphatic heterocycles. The second-order valence-corrected chi connectivity index (χ2v) is 18.6. The third-order valence-electron chi connectivity index (χ3n) is 7.91. The molecule has 0 radical (unpaired) electrons. The van der Waals surface area contributed by atoms with Gasteiger partial charge in [0.1, 0.15) is 17.6 Å². The summed E-state index contributed by atoms with van der Waals surface area (Å²) in [5.74, 6) is -0.0317. The molecule has 0 amide bonds. The Kier molecular flexibility index (Phi) is 8.41. The van der Waals surface area contributed by atoms with Gasteiger partial charge in [-0.05, 0) is 59.1 Å². The largest absolute Gasteiger partial charge is 0.416 e. The molecule has 1 atom stereocenters. The summed E-state index contributed by atoms with van der Waals surface area (Å²) < 4.78 is 68.6. The highest BCUT2D eigenvalue weighted by molar-refractivity contribution is 7.92. The average molecular weight is 605 g/mol. The van der Waals surface area contributed by atoms with Crippen molar-refractivity contribution in [1.82, 2.24) is 14.2 Å². The lowest BCUT2D eigenvalue weighted by Gasteiger charge is -2.44. The summed E-state index contributed by atoms with van der Waals surface area (Å²) >= 11 is 0. The zero-order valence-corrected chi connectivity index (χ0v) is 25.6. The lowest BCUT2D eigenvalue weighted by Crippen LogP contribution is -2.51. The van der Waals surface area contributed by atoms with Gasteiger partial charge < -0.3 is 9.34 Å². The van der Waals surface area contributed by atoms with Crippen molar-refractivity contribution in [1.29, 1.82) is 0 Å². The monoisotopic (exact) mass is 604 g/mol. The number of aromatic nitrogens is 3. The second kappa shape index (κ2) is 11.2. The number of sulfonamides is 1. The maximum Gasteiger partial charge on any atom is 0.416 e. The predicted molar refractivity (Wildman–Crippen MR) is 157 cm³/mol. The van der Waals surface area contributed by atoms with Crippen molar-refractivity contribution in [3.8, 4) is 0 Å². The number of rotatable bonds is 9. The Morgan fingerprint density at radius 3 is 2.02 bits per heavy atom. The van der Waals surface area contributed by atoms with E-state index in [1.807, 2.05) is 18.3 Å². The number of alkyl halides is 3. The van der Waals surface area contributed by atoms with E-state index in [1.165, 1.54) is 12.3 Å². The van der Waals surface area contributed by atoms with Gasteiger partial charge in [0, 0.05) is 35.1 Å². The van der Waals surface area contributed by atoms with Gasteiger partial charge in [-0.15, -0.1) is 0 Å². The van der Waals surface area contributed by atoms with Crippen LogP contribution in [0.1, 0.15) is 64.3 Å². The van der Waals surface area contributed by atoms with Crippen LogP contribution in [0.25, 0.3) is 11.0 Å². The number of aliphatic hydroxyl groups excluding tert-OH is 1. The molecule has 0 aliphatic rings. The Balaban J connectivity index is 1.66. The van der Waals surface area contributed by atoms with Crippen molar-refractivity contribution in [2.75, 3.05) is 4.72 Å². The molecule has 0 bridgehead atoms. The molecule has 4 aromatic rings. The van der Waals surface area contributed by atoms with E-state index in [0.717, 1.165) is 23.2 Å². The standard InChI is InChI=1S/C29H35F3N4O3SSi/c1-18(2)41(19(3)4,20(5)6)36-17-25(24-8-7-15-33-28(24)36)27(37)21-9-14-26(34-16-21)35-40(38,39)23-12-10-22(11-13-23)29(30,31)32/h7-20,27,37H,1-6H3,(H,34,35). The van der Waals surface area contributed by atoms with Crippen molar-refractivity contribution in [3.05, 3.63) is 83.8 Å². The normalized spacial score (nSPS) is 13.9. The Morgan fingerprint density at radius 2 is 1.51 bits per heavy atom. The summed E-state index contributed by atoms with van der Waals surface area (Å²) in [6.45, 7) is 13.5. The number of benzene rings is 1. The second-order valence-electron chi connectivity index (χ2n) is 11.2. The van der Waals surface area contributed by atoms with E-state index in [4.69, 9.17) is 4.98 Å². The molecule has 2 N–H and O–H groups in total. The first-order chi connectivity index (χ1) is 19.1. The minimum absolute atomic E-state index is 0.0317. The zero-order valence-electron chi connectivity index (χ0n) is 23.8. The SMILES string of the molecule is CC(C)[Si](C(C)C)(C(C)C)n1cc(C(O)c2ccc(NS(=O)(=O)c3ccc(C(F)(F)F)cc3)nc2)c2cccnc21. The van der Waals surface area contributed by atoms with Crippen LogP contribution in [-0.2, 0) is 16.2 Å². The summed E-state index contributed by atoms with van der Waals surface area (Å²) in [7, 11) is -6.36. The maximum atomic E-state index is 12.8. The zero-order chi connectivity index (χ0) is 30.3. The molecule has 220 valence electrons. The molecule has 0 fully saturated rings. The van der Waals surface area contributed by atoms with Crippen molar-refractivity contribution < 1.29 is 26.7 Å². The molecule has 0 saturated heterocycles. The van der Waals surface area contributed by atoms with Crippen LogP contribution in [0.4, 0.5) is 19.0 Å². The van der Waals surface area contributed by atoms with Crippen LogP contribution in [0.2, 0.25) is 16.6 Å². The summed E-state index contributed by atoms with van der Waals surface area (Å²) in [5.41, 5.74) is 2.25. The first kappa shape index (κ1) is 30.7. The van der Waals surface area contributed by atoms with E-state index >= 15 is 0 Å². The molecule has 7 nitrogen and oxygen atoms in total. The Labute approximate surface area is 239 Å². The molecular formula is C29H35F3N4O3SSi. The maximum absolute atomic E-state index is 12.8. The summed E-state index contributed by atoms with van der Waals surface area (Å²) in [6.07, 6.45) is -0.455. The van der Waals surface area contributed by atoms with Crippen molar-refractivity contribution in [2.24, 2.45) is 0 Å². The van der Waals surface area contributed by atoms with E-state index in [0.29, 0.717) is 39.9 Å². The van der Waals surface area contributed by atoms with E-state index < -0.39 is 36.1 Å². The number of hydrogen-bond acceptors (Lipinski definition) is 5. The topological polar surface area (TPSA) is 97.1 Å². The van der Waals surface area contributed by atoms with Gasteiger partial charge in [0.15, 0.2) is 8.24 Å². The molecule has 4 rings (SSSR count). The number of anilines is 1. The van der Waals surface area contributed by atoms with Crippen LogP contribution in [-0.4, -0.2) is 36.0 Å². The molecule has 0 saturated carbocycles. The highest BCUT2D eigenvalue weighted by atomic mass is 32.2. The van der Waals surface area contributed by atoms with Gasteiger partial charge in [-0.25, -0.2) is 18.4 Å². The fraction of sp³-hybridized carbons (Fsp3) is 0.379. The molecule has 0 spiro atoms. The minimum atomic E-state index is -4.57. The van der Waals surface area contributed by atoms with Crippen LogP contribution >= 0.6 is 0 Å². The number of nitrogens with zero attached hydrogens (tertiary/aromatic N) is 3. The highest BCUT2D eigenvalue weighted by Crippen LogP contribution is 2.45. The van der Waals surface area contributed by atoms with Crippen molar-refractivity contribution >= 4 is 35.1 Å². The fourth-order valence-corrected chi connectivity index (χ4v) is 13.8. The minimum Gasteiger partial charge on any atom is -0.384 e. The van der Waals surface area contributed by atoms with Gasteiger partial charge in [0.25, 0.3) is 10.0 Å².